The fourth-order valence-electron chi connectivity index (χ4n) is 2.43. The van der Waals surface area contributed by atoms with Crippen LogP contribution in [-0.2, 0) is 19.4 Å². The van der Waals surface area contributed by atoms with Gasteiger partial charge in [0.05, 0.1) is 17.9 Å². The van der Waals surface area contributed by atoms with Gasteiger partial charge in [0.2, 0.25) is 9.84 Å². The van der Waals surface area contributed by atoms with Crippen LogP contribution in [0.1, 0.15) is 0 Å². The minimum Gasteiger partial charge on any atom is -0.452 e. The first-order chi connectivity index (χ1) is 10.5. The number of rotatable bonds is 1. The molecule has 0 N–H and O–H groups in total. The molecule has 2 aliphatic rings. The van der Waals surface area contributed by atoms with Crippen molar-refractivity contribution in [2.75, 3.05) is 13.7 Å². The smallest absolute Gasteiger partial charge is 0.413 e. The molecule has 0 unspecified atom stereocenters. The average molecular weight is 322 g/mol. The van der Waals surface area contributed by atoms with Crippen molar-refractivity contribution in [1.29, 1.82) is 0 Å². The highest BCUT2D eigenvalue weighted by Crippen LogP contribution is 2.30. The highest BCUT2D eigenvalue weighted by Gasteiger charge is 2.44. The molecule has 0 aromatic heterocycles. The number of nitrogens with zero attached hydrogens (tertiary/aromatic N) is 2. The first-order valence-corrected chi connectivity index (χ1v) is 8.09. The Balaban J connectivity index is 1.91. The van der Waals surface area contributed by atoms with E-state index in [1.165, 1.54) is 30.3 Å². The Hall–Kier alpha value is -2.35. The standard InChI is InChI=1S/C14H14N2O5S/c1-20-14(17)16-8-7-12-11(9-16)13(15-21-12)22(18,19)10-5-3-2-4-6-10/h2-8,11-12H,9H2,1H3/t11-,12-/m0/s1. The van der Waals surface area contributed by atoms with Gasteiger partial charge in [0.1, 0.15) is 0 Å². The van der Waals surface area contributed by atoms with Crippen molar-refractivity contribution in [3.05, 3.63) is 42.6 Å². The maximum absolute atomic E-state index is 12.7. The number of hydrogen-bond donors (Lipinski definition) is 0. The summed E-state index contributed by atoms with van der Waals surface area (Å²) in [6, 6.07) is 8.02. The quantitative estimate of drug-likeness (QED) is 0.780. The molecule has 3 rings (SSSR count). The molecule has 0 saturated heterocycles. The molecule has 0 saturated carbocycles. The zero-order valence-corrected chi connectivity index (χ0v) is 12.6. The second-order valence-corrected chi connectivity index (χ2v) is 6.78. The van der Waals surface area contributed by atoms with Crippen molar-refractivity contribution in [1.82, 2.24) is 4.90 Å². The molecule has 116 valence electrons. The Morgan fingerprint density at radius 3 is 2.77 bits per heavy atom. The van der Waals surface area contributed by atoms with E-state index in [9.17, 15) is 13.2 Å². The summed E-state index contributed by atoms with van der Waals surface area (Å²) in [4.78, 5) is 18.2. The van der Waals surface area contributed by atoms with E-state index in [0.29, 0.717) is 0 Å². The summed E-state index contributed by atoms with van der Waals surface area (Å²) in [6.45, 7) is 0.138. The Bertz CT molecular complexity index is 742. The predicted molar refractivity (Wildman–Crippen MR) is 77.7 cm³/mol. The molecule has 2 aliphatic heterocycles. The van der Waals surface area contributed by atoms with E-state index >= 15 is 0 Å². The lowest BCUT2D eigenvalue weighted by molar-refractivity contribution is 0.0756. The molecule has 1 aromatic rings. The summed E-state index contributed by atoms with van der Waals surface area (Å²) in [7, 11) is -2.49. The van der Waals surface area contributed by atoms with Crippen LogP contribution in [0.3, 0.4) is 0 Å². The average Bonchev–Trinajstić information content (AvgIpc) is 2.98. The molecular weight excluding hydrogens is 308 g/mol. The number of carbonyl (C=O) groups is 1. The number of hydrogen-bond acceptors (Lipinski definition) is 6. The fraction of sp³-hybridized carbons (Fsp3) is 0.286. The van der Waals surface area contributed by atoms with Gasteiger partial charge in [-0.3, -0.25) is 4.90 Å². The highest BCUT2D eigenvalue weighted by molar-refractivity contribution is 8.06. The van der Waals surface area contributed by atoms with Crippen LogP contribution in [0.5, 0.6) is 0 Å². The topological polar surface area (TPSA) is 85.3 Å². The SMILES string of the molecule is COC(=O)N1C=C[C@@H]2ON=C(S(=O)(=O)c3ccccc3)[C@H]2C1. The van der Waals surface area contributed by atoms with E-state index in [4.69, 9.17) is 4.84 Å². The number of ether oxygens (including phenoxy) is 1. The molecule has 0 bridgehead atoms. The van der Waals surface area contributed by atoms with Crippen LogP contribution >= 0.6 is 0 Å². The van der Waals surface area contributed by atoms with Crippen molar-refractivity contribution in [3.8, 4) is 0 Å². The highest BCUT2D eigenvalue weighted by atomic mass is 32.2. The van der Waals surface area contributed by atoms with Gasteiger partial charge in [0.25, 0.3) is 0 Å². The van der Waals surface area contributed by atoms with Crippen molar-refractivity contribution in [3.63, 3.8) is 0 Å². The van der Waals surface area contributed by atoms with Crippen molar-refractivity contribution < 1.29 is 22.8 Å². The third-order valence-electron chi connectivity index (χ3n) is 3.57. The molecule has 7 nitrogen and oxygen atoms in total. The largest absolute Gasteiger partial charge is 0.452 e. The van der Waals surface area contributed by atoms with Crippen molar-refractivity contribution in [2.45, 2.75) is 11.0 Å². The van der Waals surface area contributed by atoms with E-state index in [1.807, 2.05) is 0 Å². The third kappa shape index (κ3) is 2.35. The summed E-state index contributed by atoms with van der Waals surface area (Å²) in [5.74, 6) is -0.547. The Kier molecular flexibility index (Phi) is 3.61. The summed E-state index contributed by atoms with van der Waals surface area (Å²) >= 11 is 0. The molecule has 1 aromatic carbocycles. The number of benzene rings is 1. The molecule has 0 fully saturated rings. The van der Waals surface area contributed by atoms with E-state index < -0.39 is 28.0 Å². The van der Waals surface area contributed by atoms with Gasteiger partial charge in [-0.1, -0.05) is 23.4 Å². The molecular formula is C14H14N2O5S. The maximum Gasteiger partial charge on any atom is 0.413 e. The van der Waals surface area contributed by atoms with Crippen LogP contribution in [0.4, 0.5) is 4.79 Å². The minimum absolute atomic E-state index is 0.0676. The molecule has 0 radical (unpaired) electrons. The molecule has 2 heterocycles. The Labute approximate surface area is 127 Å². The summed E-state index contributed by atoms with van der Waals surface area (Å²) < 4.78 is 30.0. The molecule has 1 amide bonds. The lowest BCUT2D eigenvalue weighted by Crippen LogP contribution is -2.42. The van der Waals surface area contributed by atoms with Crippen LogP contribution in [0.15, 0.2) is 52.7 Å². The second-order valence-electron chi connectivity index (χ2n) is 4.89. The number of amides is 1. The van der Waals surface area contributed by atoms with E-state index in [0.717, 1.165) is 0 Å². The second kappa shape index (κ2) is 5.45. The van der Waals surface area contributed by atoms with Gasteiger partial charge in [-0.2, -0.15) is 0 Å². The van der Waals surface area contributed by atoms with Gasteiger partial charge in [0, 0.05) is 12.7 Å². The molecule has 22 heavy (non-hydrogen) atoms. The van der Waals surface area contributed by atoms with Gasteiger partial charge < -0.3 is 9.57 Å². The molecule has 2 atom stereocenters. The number of oxime groups is 1. The molecule has 8 heteroatoms. The van der Waals surface area contributed by atoms with Gasteiger partial charge in [0.15, 0.2) is 11.1 Å². The van der Waals surface area contributed by atoms with Crippen LogP contribution in [0, 0.1) is 5.92 Å². The van der Waals surface area contributed by atoms with E-state index in [-0.39, 0.29) is 16.5 Å². The number of carbonyl (C=O) groups excluding carboxylic acids is 1. The Morgan fingerprint density at radius 1 is 1.36 bits per heavy atom. The zero-order chi connectivity index (χ0) is 15.7. The van der Waals surface area contributed by atoms with Crippen LogP contribution < -0.4 is 0 Å². The maximum atomic E-state index is 12.7. The molecule has 0 aliphatic carbocycles. The third-order valence-corrected chi connectivity index (χ3v) is 5.39. The number of sulfone groups is 1. The Morgan fingerprint density at radius 2 is 2.09 bits per heavy atom. The monoisotopic (exact) mass is 322 g/mol. The van der Waals surface area contributed by atoms with Crippen LogP contribution in [-0.4, -0.2) is 44.2 Å². The van der Waals surface area contributed by atoms with Crippen LogP contribution in [0.25, 0.3) is 0 Å². The summed E-state index contributed by atoms with van der Waals surface area (Å²) in [5.41, 5.74) is 0. The van der Waals surface area contributed by atoms with Crippen molar-refractivity contribution in [2.24, 2.45) is 11.1 Å². The normalized spacial score (nSPS) is 23.5. The minimum atomic E-state index is -3.75. The van der Waals surface area contributed by atoms with Gasteiger partial charge in [-0.05, 0) is 18.2 Å². The lowest BCUT2D eigenvalue weighted by Gasteiger charge is -2.27. The van der Waals surface area contributed by atoms with Crippen molar-refractivity contribution >= 4 is 21.0 Å². The lowest BCUT2D eigenvalue weighted by atomic mass is 10.0. The summed E-state index contributed by atoms with van der Waals surface area (Å²) in [6.07, 6.45) is 2.07. The first-order valence-electron chi connectivity index (χ1n) is 6.61. The number of methoxy groups -OCH3 is 1. The van der Waals surface area contributed by atoms with Gasteiger partial charge in [-0.25, -0.2) is 13.2 Å². The van der Waals surface area contributed by atoms with E-state index in [1.54, 1.807) is 24.3 Å². The zero-order valence-electron chi connectivity index (χ0n) is 11.7. The van der Waals surface area contributed by atoms with E-state index in [2.05, 4.69) is 9.89 Å². The predicted octanol–water partition coefficient (Wildman–Crippen LogP) is 1.38. The first kappa shape index (κ1) is 14.6. The van der Waals surface area contributed by atoms with Crippen LogP contribution in [0.2, 0.25) is 0 Å². The van der Waals surface area contributed by atoms with Gasteiger partial charge >= 0.3 is 6.09 Å². The number of fused-ring (bicyclic) bond motifs is 1. The van der Waals surface area contributed by atoms with Gasteiger partial charge in [-0.15, -0.1) is 0 Å². The summed E-state index contributed by atoms with van der Waals surface area (Å²) in [5, 5.41) is 3.68. The molecule has 0 spiro atoms. The fourth-order valence-corrected chi connectivity index (χ4v) is 3.93.